The van der Waals surface area contributed by atoms with Crippen LogP contribution in [-0.4, -0.2) is 80.3 Å². The second kappa shape index (κ2) is 14.0. The highest BCUT2D eigenvalue weighted by Crippen LogP contribution is 2.48. The quantitative estimate of drug-likeness (QED) is 0.145. The van der Waals surface area contributed by atoms with Gasteiger partial charge in [0.1, 0.15) is 29.5 Å². The Bertz CT molecular complexity index is 1570. The van der Waals surface area contributed by atoms with Gasteiger partial charge in [-0.1, -0.05) is 18.2 Å². The van der Waals surface area contributed by atoms with Gasteiger partial charge in [0, 0.05) is 6.42 Å². The molecule has 16 nitrogen and oxygen atoms in total. The lowest BCUT2D eigenvalue weighted by Crippen LogP contribution is -2.41. The van der Waals surface area contributed by atoms with E-state index >= 15 is 4.39 Å². The zero-order chi connectivity index (χ0) is 32.9. The van der Waals surface area contributed by atoms with Gasteiger partial charge < -0.3 is 35.3 Å². The van der Waals surface area contributed by atoms with Crippen LogP contribution in [-0.2, 0) is 39.3 Å². The van der Waals surface area contributed by atoms with Crippen LogP contribution in [0.4, 0.5) is 16.2 Å². The van der Waals surface area contributed by atoms with E-state index in [1.54, 1.807) is 32.0 Å². The average molecular weight is 654 g/mol. The molecular formula is C27H37FN7O9P. The summed E-state index contributed by atoms with van der Waals surface area (Å²) in [5.74, 6) is -1.28. The molecule has 1 fully saturated rings. The highest BCUT2D eigenvalue weighted by Gasteiger charge is 2.56. The normalized spacial score (nSPS) is 23.4. The van der Waals surface area contributed by atoms with Crippen molar-refractivity contribution in [3.63, 3.8) is 0 Å². The third kappa shape index (κ3) is 7.68. The molecule has 1 aromatic carbocycles. The van der Waals surface area contributed by atoms with Gasteiger partial charge in [0.25, 0.3) is 0 Å². The molecule has 3 heterocycles. The van der Waals surface area contributed by atoms with Crippen LogP contribution in [0.25, 0.3) is 11.2 Å². The summed E-state index contributed by atoms with van der Waals surface area (Å²) in [5.41, 5.74) is 9.88. The lowest BCUT2D eigenvalue weighted by atomic mass is 9.98. The van der Waals surface area contributed by atoms with Crippen molar-refractivity contribution in [2.24, 2.45) is 0 Å². The summed E-state index contributed by atoms with van der Waals surface area (Å²) in [6, 6.07) is 5.32. The first-order valence-electron chi connectivity index (χ1n) is 14.2. The number of aliphatic hydroxyl groups is 1. The van der Waals surface area contributed by atoms with Crippen LogP contribution in [0.3, 0.4) is 0 Å². The standard InChI is InChI=1S/C27H37FN7O9P/c1-5-40-19(36)12-11-16-9-7-8-10-17(16)44-45(39,34-15(3)24(38)41-6-2)42-13-18-21(37)27(4,28)25(43-18)35-14-31-20-22(29)32-26(30)33-23(20)35/h7-10,14-15,18,21,25,37H,5-6,11-13H2,1-4H3,(H,34,39)(H4,29,30,32,33)/t15-,18+,21?,25+,27?,45-/m0/s1. The van der Waals surface area contributed by atoms with E-state index < -0.39 is 56.4 Å². The van der Waals surface area contributed by atoms with Gasteiger partial charge in [-0.15, -0.1) is 0 Å². The summed E-state index contributed by atoms with van der Waals surface area (Å²) in [7, 11) is -4.47. The van der Waals surface area contributed by atoms with E-state index in [1.807, 2.05) is 0 Å². The first kappa shape index (κ1) is 34.0. The van der Waals surface area contributed by atoms with Crippen molar-refractivity contribution in [3.05, 3.63) is 36.2 Å². The number of nitrogens with zero attached hydrogens (tertiary/aromatic N) is 4. The summed E-state index contributed by atoms with van der Waals surface area (Å²) in [5, 5.41) is 13.5. The van der Waals surface area contributed by atoms with Gasteiger partial charge in [0.15, 0.2) is 23.4 Å². The van der Waals surface area contributed by atoms with E-state index in [9.17, 15) is 19.3 Å². The number of aryl methyl sites for hydroxylation is 1. The van der Waals surface area contributed by atoms with Crippen molar-refractivity contribution in [1.82, 2.24) is 24.6 Å². The Hall–Kier alpha value is -3.89. The van der Waals surface area contributed by atoms with Gasteiger partial charge in [-0.05, 0) is 45.7 Å². The Morgan fingerprint density at radius 1 is 1.22 bits per heavy atom. The molecule has 0 aliphatic carbocycles. The Morgan fingerprint density at radius 2 is 1.93 bits per heavy atom. The van der Waals surface area contributed by atoms with E-state index in [4.69, 9.17) is 34.7 Å². The second-order valence-corrected chi connectivity index (χ2v) is 12.0. The van der Waals surface area contributed by atoms with E-state index in [-0.39, 0.29) is 54.7 Å². The number of carbonyl (C=O) groups excluding carboxylic acids is 2. The van der Waals surface area contributed by atoms with E-state index in [2.05, 4.69) is 20.0 Å². The second-order valence-electron chi connectivity index (χ2n) is 10.3. The Kier molecular flexibility index (Phi) is 10.6. The number of aliphatic hydroxyl groups excluding tert-OH is 1. The fraction of sp³-hybridized carbons (Fsp3) is 0.519. The van der Waals surface area contributed by atoms with Gasteiger partial charge in [-0.3, -0.25) is 18.7 Å². The van der Waals surface area contributed by atoms with Crippen LogP contribution in [0.1, 0.15) is 45.9 Å². The molecule has 0 bridgehead atoms. The number of aromatic nitrogens is 4. The maximum absolute atomic E-state index is 16.0. The number of hydrogen-bond acceptors (Lipinski definition) is 14. The van der Waals surface area contributed by atoms with Crippen molar-refractivity contribution < 1.29 is 46.9 Å². The third-order valence-electron chi connectivity index (χ3n) is 6.93. The zero-order valence-electron chi connectivity index (χ0n) is 25.2. The minimum atomic E-state index is -4.47. The molecule has 1 aliphatic rings. The minimum Gasteiger partial charge on any atom is -0.466 e. The van der Waals surface area contributed by atoms with Gasteiger partial charge in [0.2, 0.25) is 5.95 Å². The number of alkyl halides is 1. The zero-order valence-corrected chi connectivity index (χ0v) is 26.1. The molecule has 246 valence electrons. The molecule has 1 saturated heterocycles. The highest BCUT2D eigenvalue weighted by atomic mass is 31.2. The third-order valence-corrected chi connectivity index (χ3v) is 8.56. The molecule has 2 unspecified atom stereocenters. The summed E-state index contributed by atoms with van der Waals surface area (Å²) < 4.78 is 58.7. The number of benzene rings is 1. The maximum Gasteiger partial charge on any atom is 0.459 e. The average Bonchev–Trinajstić information content (AvgIpc) is 3.49. The lowest BCUT2D eigenvalue weighted by Gasteiger charge is -2.26. The van der Waals surface area contributed by atoms with Crippen LogP contribution in [0.5, 0.6) is 5.75 Å². The number of nitrogens with two attached hydrogens (primary N) is 2. The van der Waals surface area contributed by atoms with Gasteiger partial charge in [-0.2, -0.15) is 15.1 Å². The molecule has 6 atom stereocenters. The molecule has 0 saturated carbocycles. The molecule has 18 heteroatoms. The minimum absolute atomic E-state index is 0.0236. The van der Waals surface area contributed by atoms with E-state index in [1.165, 1.54) is 23.9 Å². The molecule has 45 heavy (non-hydrogen) atoms. The Labute approximate surface area is 258 Å². The van der Waals surface area contributed by atoms with Crippen molar-refractivity contribution in [3.8, 4) is 5.75 Å². The topological polar surface area (TPSA) is 225 Å². The molecule has 6 N–H and O–H groups in total. The number of fused-ring (bicyclic) bond motifs is 1. The number of para-hydroxylation sites is 1. The van der Waals surface area contributed by atoms with Crippen molar-refractivity contribution in [2.45, 2.75) is 70.7 Å². The predicted molar refractivity (Wildman–Crippen MR) is 158 cm³/mol. The lowest BCUT2D eigenvalue weighted by molar-refractivity contribution is -0.145. The largest absolute Gasteiger partial charge is 0.466 e. The number of nitrogens with one attached hydrogen (secondary N) is 1. The number of anilines is 2. The molecule has 4 rings (SSSR count). The number of imidazole rings is 1. The smallest absolute Gasteiger partial charge is 0.459 e. The van der Waals surface area contributed by atoms with Crippen molar-refractivity contribution in [1.29, 1.82) is 0 Å². The molecular weight excluding hydrogens is 616 g/mol. The van der Waals surface area contributed by atoms with Gasteiger partial charge >= 0.3 is 19.7 Å². The van der Waals surface area contributed by atoms with Crippen LogP contribution >= 0.6 is 7.75 Å². The summed E-state index contributed by atoms with van der Waals surface area (Å²) in [4.78, 5) is 36.4. The van der Waals surface area contributed by atoms with Crippen molar-refractivity contribution in [2.75, 3.05) is 31.3 Å². The fourth-order valence-corrected chi connectivity index (χ4v) is 6.24. The van der Waals surface area contributed by atoms with E-state index in [0.29, 0.717) is 5.56 Å². The van der Waals surface area contributed by atoms with Crippen LogP contribution in [0.2, 0.25) is 0 Å². The highest BCUT2D eigenvalue weighted by molar-refractivity contribution is 7.52. The SMILES string of the molecule is CCOC(=O)CCc1ccccc1O[P@](=O)(N[C@@H](C)C(=O)OCC)OC[C@H]1O[C@@H](n2cnc3c(N)nc(N)nc32)C(C)(F)C1O. The number of nitrogen functional groups attached to an aromatic ring is 2. The first-order chi connectivity index (χ1) is 21.3. The van der Waals surface area contributed by atoms with Crippen LogP contribution in [0.15, 0.2) is 30.6 Å². The number of hydrogen-bond donors (Lipinski definition) is 4. The molecule has 0 amide bonds. The molecule has 0 radical (unpaired) electrons. The Morgan fingerprint density at radius 3 is 2.64 bits per heavy atom. The van der Waals surface area contributed by atoms with Gasteiger partial charge in [0.05, 0.1) is 26.1 Å². The number of rotatable bonds is 14. The fourth-order valence-electron chi connectivity index (χ4n) is 4.70. The number of halogens is 1. The molecule has 1 aliphatic heterocycles. The maximum atomic E-state index is 16.0. The number of esters is 2. The number of carbonyl (C=O) groups is 2. The summed E-state index contributed by atoms with van der Waals surface area (Å²) in [6.45, 7) is 5.44. The van der Waals surface area contributed by atoms with Crippen LogP contribution in [0, 0.1) is 0 Å². The molecule has 2 aromatic heterocycles. The van der Waals surface area contributed by atoms with E-state index in [0.717, 1.165) is 6.92 Å². The Balaban J connectivity index is 1.57. The summed E-state index contributed by atoms with van der Waals surface area (Å²) >= 11 is 0. The van der Waals surface area contributed by atoms with Gasteiger partial charge in [-0.25, -0.2) is 13.9 Å². The molecule has 3 aromatic rings. The summed E-state index contributed by atoms with van der Waals surface area (Å²) in [6.07, 6.45) is -3.21. The predicted octanol–water partition coefficient (Wildman–Crippen LogP) is 2.22. The van der Waals surface area contributed by atoms with Crippen LogP contribution < -0.4 is 21.1 Å². The first-order valence-corrected chi connectivity index (χ1v) is 15.7. The number of ether oxygens (including phenoxy) is 3. The molecule has 0 spiro atoms. The van der Waals surface area contributed by atoms with Crippen molar-refractivity contribution >= 4 is 42.6 Å². The monoisotopic (exact) mass is 653 g/mol.